The first-order chi connectivity index (χ1) is 9.70. The van der Waals surface area contributed by atoms with Gasteiger partial charge in [-0.15, -0.1) is 0 Å². The van der Waals surface area contributed by atoms with Gasteiger partial charge in [0.05, 0.1) is 11.0 Å². The molecule has 0 aliphatic heterocycles. The Hall–Kier alpha value is -1.98. The number of anilines is 1. The van der Waals surface area contributed by atoms with Crippen LogP contribution in [0.4, 0.5) is 10.5 Å². The minimum Gasteiger partial charge on any atom is -0.332 e. The number of carbonyl (C=O) groups is 1. The summed E-state index contributed by atoms with van der Waals surface area (Å²) in [5.74, 6) is 0. The van der Waals surface area contributed by atoms with Gasteiger partial charge in [-0.3, -0.25) is 4.79 Å². The molecule has 0 unspecified atom stereocenters. The van der Waals surface area contributed by atoms with E-state index >= 15 is 0 Å². The van der Waals surface area contributed by atoms with Crippen LogP contribution in [0.3, 0.4) is 0 Å². The van der Waals surface area contributed by atoms with Crippen molar-refractivity contribution in [3.63, 3.8) is 0 Å². The first-order valence-corrected chi connectivity index (χ1v) is 7.09. The fraction of sp³-hybridized carbons (Fsp3) is 0. The minimum atomic E-state index is -0.216. The van der Waals surface area contributed by atoms with E-state index in [4.69, 9.17) is 11.6 Å². The summed E-state index contributed by atoms with van der Waals surface area (Å²) < 4.78 is 0. The molecule has 4 nitrogen and oxygen atoms in total. The molecule has 3 rings (SSSR count). The number of hydrogen-bond acceptors (Lipinski definition) is 3. The zero-order chi connectivity index (χ0) is 13.9. The number of amides is 1. The van der Waals surface area contributed by atoms with E-state index in [1.54, 1.807) is 24.3 Å². The number of aromatic nitrogens is 2. The summed E-state index contributed by atoms with van der Waals surface area (Å²) in [7, 11) is 0. The number of nitrogens with zero attached hydrogens (tertiary/aromatic N) is 1. The lowest BCUT2D eigenvalue weighted by Gasteiger charge is -2.03. The largest absolute Gasteiger partial charge is 0.332 e. The van der Waals surface area contributed by atoms with Crippen molar-refractivity contribution in [3.8, 4) is 0 Å². The molecule has 1 amide bonds. The molecule has 1 aromatic heterocycles. The number of aromatic amines is 1. The third-order valence-corrected chi connectivity index (χ3v) is 3.54. The number of halogens is 1. The van der Waals surface area contributed by atoms with Crippen LogP contribution < -0.4 is 5.32 Å². The van der Waals surface area contributed by atoms with E-state index < -0.39 is 0 Å². The Morgan fingerprint density at radius 3 is 2.85 bits per heavy atom. The summed E-state index contributed by atoms with van der Waals surface area (Å²) in [6.45, 7) is 0. The van der Waals surface area contributed by atoms with Crippen LogP contribution in [0.2, 0.25) is 5.02 Å². The molecule has 0 spiro atoms. The van der Waals surface area contributed by atoms with Gasteiger partial charge in [0.25, 0.3) is 5.24 Å². The van der Waals surface area contributed by atoms with Crippen LogP contribution in [0.25, 0.3) is 11.0 Å². The Bertz CT molecular complexity index is 739. The summed E-state index contributed by atoms with van der Waals surface area (Å²) >= 11 is 6.88. The normalized spacial score (nSPS) is 10.7. The fourth-order valence-corrected chi connectivity index (χ4v) is 2.61. The minimum absolute atomic E-state index is 0.216. The summed E-state index contributed by atoms with van der Waals surface area (Å²) in [5, 5.41) is 3.68. The van der Waals surface area contributed by atoms with Crippen LogP contribution in [-0.2, 0) is 0 Å². The quantitative estimate of drug-likeness (QED) is 0.683. The molecule has 0 fully saturated rings. The number of carbonyl (C=O) groups excluding carboxylic acids is 1. The van der Waals surface area contributed by atoms with Crippen LogP contribution in [0, 0.1) is 0 Å². The van der Waals surface area contributed by atoms with Crippen LogP contribution in [0.5, 0.6) is 0 Å². The fourth-order valence-electron chi connectivity index (χ4n) is 1.78. The second kappa shape index (κ2) is 5.56. The molecule has 20 heavy (non-hydrogen) atoms. The van der Waals surface area contributed by atoms with Crippen molar-refractivity contribution in [2.24, 2.45) is 0 Å². The smallest absolute Gasteiger partial charge is 0.291 e. The molecule has 0 saturated heterocycles. The molecular formula is C14H10ClN3OS. The molecule has 0 aliphatic rings. The van der Waals surface area contributed by atoms with Gasteiger partial charge in [0.2, 0.25) is 0 Å². The summed E-state index contributed by atoms with van der Waals surface area (Å²) in [5.41, 5.74) is 2.40. The first-order valence-electron chi connectivity index (χ1n) is 5.90. The van der Waals surface area contributed by atoms with Crippen LogP contribution in [0.1, 0.15) is 0 Å². The number of H-pyrrole nitrogens is 1. The molecule has 0 saturated carbocycles. The van der Waals surface area contributed by atoms with Crippen molar-refractivity contribution in [2.45, 2.75) is 5.16 Å². The van der Waals surface area contributed by atoms with Crippen molar-refractivity contribution in [1.82, 2.24) is 9.97 Å². The van der Waals surface area contributed by atoms with Gasteiger partial charge in [0.15, 0.2) is 5.16 Å². The summed E-state index contributed by atoms with van der Waals surface area (Å²) in [4.78, 5) is 19.3. The molecule has 0 atom stereocenters. The van der Waals surface area contributed by atoms with Crippen molar-refractivity contribution in [2.75, 3.05) is 5.32 Å². The van der Waals surface area contributed by atoms with E-state index in [-0.39, 0.29) is 5.24 Å². The Kier molecular flexibility index (Phi) is 3.62. The number of nitrogens with one attached hydrogen (secondary N) is 2. The standard InChI is InChI=1S/C14H10ClN3OS/c15-9-4-3-5-10(8-9)16-14(19)20-13-17-11-6-1-2-7-12(11)18-13/h1-8H,(H,16,19)(H,17,18). The highest BCUT2D eigenvalue weighted by Crippen LogP contribution is 2.22. The molecule has 1 heterocycles. The Morgan fingerprint density at radius 2 is 2.05 bits per heavy atom. The van der Waals surface area contributed by atoms with Crippen molar-refractivity contribution in [1.29, 1.82) is 0 Å². The molecule has 0 aliphatic carbocycles. The molecule has 2 N–H and O–H groups in total. The number of rotatable bonds is 2. The van der Waals surface area contributed by atoms with Crippen LogP contribution in [-0.4, -0.2) is 15.2 Å². The maximum absolute atomic E-state index is 11.9. The highest BCUT2D eigenvalue weighted by Gasteiger charge is 2.09. The van der Waals surface area contributed by atoms with Gasteiger partial charge < -0.3 is 10.3 Å². The van der Waals surface area contributed by atoms with Crippen LogP contribution in [0.15, 0.2) is 53.7 Å². The van der Waals surface area contributed by atoms with Gasteiger partial charge in [-0.2, -0.15) is 0 Å². The molecule has 3 aromatic rings. The maximum Gasteiger partial charge on any atom is 0.291 e. The zero-order valence-corrected chi connectivity index (χ0v) is 11.8. The summed E-state index contributed by atoms with van der Waals surface area (Å²) in [6.07, 6.45) is 0. The molecule has 6 heteroatoms. The van der Waals surface area contributed by atoms with E-state index in [0.29, 0.717) is 15.9 Å². The van der Waals surface area contributed by atoms with Gasteiger partial charge in [-0.1, -0.05) is 29.8 Å². The number of thioether (sulfide) groups is 1. The summed E-state index contributed by atoms with van der Waals surface area (Å²) in [6, 6.07) is 14.6. The second-order valence-electron chi connectivity index (χ2n) is 4.08. The van der Waals surface area contributed by atoms with E-state index in [0.717, 1.165) is 22.8 Å². The SMILES string of the molecule is O=C(Nc1cccc(Cl)c1)Sc1nc2ccccc2[nH]1. The monoisotopic (exact) mass is 303 g/mol. The predicted molar refractivity (Wildman–Crippen MR) is 82.4 cm³/mol. The lowest BCUT2D eigenvalue weighted by atomic mass is 10.3. The van der Waals surface area contributed by atoms with Crippen molar-refractivity contribution in [3.05, 3.63) is 53.6 Å². The maximum atomic E-state index is 11.9. The predicted octanol–water partition coefficient (Wildman–Crippen LogP) is 4.54. The van der Waals surface area contributed by atoms with Crippen LogP contribution >= 0.6 is 23.4 Å². The lowest BCUT2D eigenvalue weighted by molar-refractivity contribution is 0.269. The average molecular weight is 304 g/mol. The number of hydrogen-bond donors (Lipinski definition) is 2. The second-order valence-corrected chi connectivity index (χ2v) is 5.48. The first kappa shape index (κ1) is 13.0. The Labute approximate surface area is 124 Å². The highest BCUT2D eigenvalue weighted by atomic mass is 35.5. The van der Waals surface area contributed by atoms with E-state index in [1.165, 1.54) is 0 Å². The molecule has 0 radical (unpaired) electrons. The van der Waals surface area contributed by atoms with Crippen molar-refractivity contribution >= 4 is 45.3 Å². The van der Waals surface area contributed by atoms with E-state index in [1.807, 2.05) is 24.3 Å². The van der Waals surface area contributed by atoms with Gasteiger partial charge in [0.1, 0.15) is 0 Å². The van der Waals surface area contributed by atoms with Gasteiger partial charge in [-0.05, 0) is 30.3 Å². The lowest BCUT2D eigenvalue weighted by Crippen LogP contribution is -2.04. The topological polar surface area (TPSA) is 57.8 Å². The van der Waals surface area contributed by atoms with E-state index in [9.17, 15) is 4.79 Å². The molecule has 100 valence electrons. The van der Waals surface area contributed by atoms with Crippen molar-refractivity contribution < 1.29 is 4.79 Å². The zero-order valence-electron chi connectivity index (χ0n) is 10.3. The van der Waals surface area contributed by atoms with Gasteiger partial charge in [-0.25, -0.2) is 4.98 Å². The third kappa shape index (κ3) is 2.95. The number of benzene rings is 2. The third-order valence-electron chi connectivity index (χ3n) is 2.63. The molecule has 0 bridgehead atoms. The van der Waals surface area contributed by atoms with Gasteiger partial charge >= 0.3 is 0 Å². The van der Waals surface area contributed by atoms with Gasteiger partial charge in [0, 0.05) is 22.5 Å². The Balaban J connectivity index is 1.72. The molecule has 2 aromatic carbocycles. The number of para-hydroxylation sites is 2. The van der Waals surface area contributed by atoms with E-state index in [2.05, 4.69) is 15.3 Å². The number of fused-ring (bicyclic) bond motifs is 1. The Morgan fingerprint density at radius 1 is 1.20 bits per heavy atom. The number of imidazole rings is 1. The average Bonchev–Trinajstić information content (AvgIpc) is 2.80. The molecular weight excluding hydrogens is 294 g/mol. The highest BCUT2D eigenvalue weighted by molar-refractivity contribution is 8.13.